The van der Waals surface area contributed by atoms with Gasteiger partial charge < -0.3 is 9.80 Å². The lowest BCUT2D eigenvalue weighted by molar-refractivity contribution is 1.14. The van der Waals surface area contributed by atoms with E-state index in [0.717, 1.165) is 110 Å². The zero-order chi connectivity index (χ0) is 49.0. The molecule has 0 amide bonds. The summed E-state index contributed by atoms with van der Waals surface area (Å²) in [5.74, 6) is 1.06. The molecule has 0 N–H and O–H groups in total. The van der Waals surface area contributed by atoms with E-state index in [9.17, 15) is 0 Å². The highest BCUT2D eigenvalue weighted by atomic mass is 32.2. The van der Waals surface area contributed by atoms with Gasteiger partial charge in [-0.15, -0.1) is 0 Å². The number of hydrogen-bond acceptors (Lipinski definition) is 12. The molecule has 6 aromatic heterocycles. The van der Waals surface area contributed by atoms with Crippen molar-refractivity contribution >= 4 is 68.4 Å². The van der Waals surface area contributed by atoms with E-state index in [1.807, 2.05) is 66.9 Å². The second-order valence-electron chi connectivity index (χ2n) is 17.7. The summed E-state index contributed by atoms with van der Waals surface area (Å²) >= 11 is 3.56. The van der Waals surface area contributed by atoms with Crippen molar-refractivity contribution in [2.45, 2.75) is 19.6 Å². The van der Waals surface area contributed by atoms with Crippen molar-refractivity contribution in [3.63, 3.8) is 0 Å². The molecule has 0 bridgehead atoms. The van der Waals surface area contributed by atoms with E-state index in [4.69, 9.17) is 29.9 Å². The zero-order valence-corrected chi connectivity index (χ0v) is 40.9. The van der Waals surface area contributed by atoms with Gasteiger partial charge in [-0.3, -0.25) is 19.9 Å². The molecule has 12 heteroatoms. The predicted molar refractivity (Wildman–Crippen MR) is 297 cm³/mol. The Morgan fingerprint density at radius 1 is 0.284 bits per heavy atom. The van der Waals surface area contributed by atoms with Crippen LogP contribution in [0.15, 0.2) is 251 Å². The fraction of sp³-hybridized carbons (Fsp3) is 0. The number of nitrogens with zero attached hydrogens (tertiary/aromatic N) is 10. The van der Waals surface area contributed by atoms with Gasteiger partial charge in [0.25, 0.3) is 0 Å². The standard InChI is InChI=1S/C62H38N10S2/c1-5-23-57-51(19-1)71(52-20-2-6-24-58(52)73-57)55-33-41(48-35-47(39-15-13-27-63-37-39)68-62(69-48)46-18-10-12-30-66-46)31-43-44(55)32-42(34-56(43)72-53-21-3-7-25-59(53)74-60-26-8-4-22-54(60)72)49-36-50(45-17-9-11-29-65-45)70-61(67-49)40-16-14-28-64-38-40/h1-38H. The average molecular weight is 987 g/mol. The highest BCUT2D eigenvalue weighted by Crippen LogP contribution is 2.57. The van der Waals surface area contributed by atoms with E-state index >= 15 is 0 Å². The van der Waals surface area contributed by atoms with Gasteiger partial charge >= 0.3 is 0 Å². The van der Waals surface area contributed by atoms with Crippen LogP contribution in [0.25, 0.3) is 78.8 Å². The van der Waals surface area contributed by atoms with Crippen LogP contribution in [0.3, 0.4) is 0 Å². The molecule has 0 atom stereocenters. The van der Waals surface area contributed by atoms with Crippen molar-refractivity contribution in [1.29, 1.82) is 0 Å². The van der Waals surface area contributed by atoms with Crippen LogP contribution >= 0.6 is 23.5 Å². The van der Waals surface area contributed by atoms with Gasteiger partial charge in [-0.2, -0.15) is 0 Å². The van der Waals surface area contributed by atoms with E-state index in [1.54, 1.807) is 54.5 Å². The topological polar surface area (TPSA) is 110 Å². The summed E-state index contributed by atoms with van der Waals surface area (Å²) in [5, 5.41) is 2.00. The third-order valence-electron chi connectivity index (χ3n) is 13.1. The summed E-state index contributed by atoms with van der Waals surface area (Å²) in [6, 6.07) is 67.4. The van der Waals surface area contributed by atoms with Crippen LogP contribution in [-0.4, -0.2) is 39.9 Å². The third-order valence-corrected chi connectivity index (χ3v) is 15.4. The van der Waals surface area contributed by atoms with E-state index in [2.05, 4.69) is 153 Å². The summed E-state index contributed by atoms with van der Waals surface area (Å²) in [7, 11) is 0. The Hall–Kier alpha value is -9.36. The second-order valence-corrected chi connectivity index (χ2v) is 19.8. The lowest BCUT2D eigenvalue weighted by Crippen LogP contribution is -2.17. The van der Waals surface area contributed by atoms with Crippen molar-refractivity contribution in [2.75, 3.05) is 9.80 Å². The number of para-hydroxylation sites is 4. The molecule has 0 radical (unpaired) electrons. The maximum absolute atomic E-state index is 5.39. The first kappa shape index (κ1) is 43.4. The van der Waals surface area contributed by atoms with Crippen molar-refractivity contribution in [1.82, 2.24) is 39.9 Å². The molecule has 10 nitrogen and oxygen atoms in total. The van der Waals surface area contributed by atoms with E-state index in [-0.39, 0.29) is 0 Å². The Labute approximate surface area is 434 Å². The van der Waals surface area contributed by atoms with Crippen molar-refractivity contribution in [2.24, 2.45) is 0 Å². The van der Waals surface area contributed by atoms with E-state index < -0.39 is 0 Å². The zero-order valence-electron chi connectivity index (χ0n) is 39.2. The van der Waals surface area contributed by atoms with Crippen molar-refractivity contribution in [3.05, 3.63) is 231 Å². The van der Waals surface area contributed by atoms with Gasteiger partial charge in [-0.1, -0.05) is 84.2 Å². The molecule has 0 unspecified atom stereocenters. The molecule has 0 fully saturated rings. The molecule has 2 aliphatic heterocycles. The van der Waals surface area contributed by atoms with E-state index in [0.29, 0.717) is 23.0 Å². The molecule has 14 rings (SSSR count). The van der Waals surface area contributed by atoms with Crippen LogP contribution in [0.5, 0.6) is 0 Å². The number of benzene rings is 6. The monoisotopic (exact) mass is 986 g/mol. The summed E-state index contributed by atoms with van der Waals surface area (Å²) in [6.07, 6.45) is 10.8. The fourth-order valence-corrected chi connectivity index (χ4v) is 11.9. The summed E-state index contributed by atoms with van der Waals surface area (Å²) in [5.41, 5.74) is 14.0. The van der Waals surface area contributed by atoms with Gasteiger partial charge in [0.15, 0.2) is 11.6 Å². The summed E-state index contributed by atoms with van der Waals surface area (Å²) in [6.45, 7) is 0. The minimum absolute atomic E-state index is 0.511. The quantitative estimate of drug-likeness (QED) is 0.145. The molecule has 2 aliphatic rings. The number of rotatable bonds is 8. The molecule has 0 spiro atoms. The molecule has 348 valence electrons. The van der Waals surface area contributed by atoms with Gasteiger partial charge in [0, 0.05) is 89.8 Å². The molecular formula is C62H38N10S2. The lowest BCUT2D eigenvalue weighted by atomic mass is 9.95. The molecule has 0 saturated heterocycles. The van der Waals surface area contributed by atoms with Gasteiger partial charge in [-0.05, 0) is 133 Å². The molecule has 0 saturated carbocycles. The number of aromatic nitrogens is 8. The van der Waals surface area contributed by atoms with Crippen molar-refractivity contribution in [3.8, 4) is 68.1 Å². The van der Waals surface area contributed by atoms with Crippen molar-refractivity contribution < 1.29 is 0 Å². The first-order valence-electron chi connectivity index (χ1n) is 24.0. The predicted octanol–water partition coefficient (Wildman–Crippen LogP) is 15.9. The molecule has 74 heavy (non-hydrogen) atoms. The van der Waals surface area contributed by atoms with Crippen LogP contribution in [0.1, 0.15) is 0 Å². The first-order valence-corrected chi connectivity index (χ1v) is 25.7. The molecule has 6 aromatic carbocycles. The number of anilines is 6. The minimum atomic E-state index is 0.511. The van der Waals surface area contributed by atoms with Crippen LogP contribution < -0.4 is 9.80 Å². The minimum Gasteiger partial charge on any atom is -0.308 e. The van der Waals surface area contributed by atoms with Gasteiger partial charge in [0.05, 0.1) is 62.6 Å². The Morgan fingerprint density at radius 3 is 1.18 bits per heavy atom. The molecule has 0 aliphatic carbocycles. The lowest BCUT2D eigenvalue weighted by Gasteiger charge is -2.36. The molecule has 8 heterocycles. The average Bonchev–Trinajstić information content (AvgIpc) is 3.48. The highest BCUT2D eigenvalue weighted by molar-refractivity contribution is 8.00. The van der Waals surface area contributed by atoms with Crippen LogP contribution in [0.4, 0.5) is 34.1 Å². The third kappa shape index (κ3) is 7.80. The second kappa shape index (κ2) is 18.4. The Balaban J connectivity index is 1.13. The van der Waals surface area contributed by atoms with Gasteiger partial charge in [-0.25, -0.2) is 19.9 Å². The summed E-state index contributed by atoms with van der Waals surface area (Å²) in [4.78, 5) is 48.9. The van der Waals surface area contributed by atoms with Gasteiger partial charge in [0.2, 0.25) is 0 Å². The van der Waals surface area contributed by atoms with E-state index in [1.165, 1.54) is 0 Å². The number of pyridine rings is 4. The van der Waals surface area contributed by atoms with Crippen LogP contribution in [0.2, 0.25) is 0 Å². The first-order chi connectivity index (χ1) is 36.7. The normalized spacial score (nSPS) is 12.4. The maximum atomic E-state index is 5.39. The van der Waals surface area contributed by atoms with Crippen LogP contribution in [0, 0.1) is 0 Å². The summed E-state index contributed by atoms with van der Waals surface area (Å²) < 4.78 is 0. The van der Waals surface area contributed by atoms with Crippen LogP contribution in [-0.2, 0) is 0 Å². The Morgan fingerprint density at radius 2 is 0.703 bits per heavy atom. The maximum Gasteiger partial charge on any atom is 0.179 e. The van der Waals surface area contributed by atoms with Gasteiger partial charge in [0.1, 0.15) is 5.69 Å². The smallest absolute Gasteiger partial charge is 0.179 e. The molecule has 12 aromatic rings. The fourth-order valence-electron chi connectivity index (χ4n) is 9.75. The Kier molecular flexibility index (Phi) is 10.8. The molecular weight excluding hydrogens is 949 g/mol. The highest BCUT2D eigenvalue weighted by Gasteiger charge is 2.31. The SMILES string of the molecule is c1ccc(-c2cc(-c3cc(N4c5ccccc5Sc5ccccc54)c4cc(-c5cc(-c6cccnc6)nc(-c6ccccn6)n5)cc(N5c6ccccc6Sc6ccccc65)c4c3)nc(-c3cccnc3)n2)nc1. The largest absolute Gasteiger partial charge is 0.308 e. The number of fused-ring (bicyclic) bond motifs is 5. The Bertz CT molecular complexity index is 3640. The number of hydrogen-bond donors (Lipinski definition) is 0.